The van der Waals surface area contributed by atoms with Crippen LogP contribution in [0.4, 0.5) is 5.82 Å². The summed E-state index contributed by atoms with van der Waals surface area (Å²) in [5.74, 6) is 1.93. The summed E-state index contributed by atoms with van der Waals surface area (Å²) in [6, 6.07) is 5.79. The number of carbonyl (C=O) groups is 1. The Hall–Kier alpha value is -2.41. The maximum atomic E-state index is 12.7. The fourth-order valence-corrected chi connectivity index (χ4v) is 4.44. The van der Waals surface area contributed by atoms with Crippen molar-refractivity contribution in [3.63, 3.8) is 0 Å². The van der Waals surface area contributed by atoms with Gasteiger partial charge in [0.1, 0.15) is 11.6 Å². The van der Waals surface area contributed by atoms with E-state index in [-0.39, 0.29) is 11.3 Å². The zero-order chi connectivity index (χ0) is 19.9. The fourth-order valence-electron chi connectivity index (χ4n) is 4.44. The van der Waals surface area contributed by atoms with Crippen molar-refractivity contribution in [1.29, 1.82) is 0 Å². The molecule has 1 N–H and O–H groups in total. The lowest BCUT2D eigenvalue weighted by Gasteiger charge is -2.39. The van der Waals surface area contributed by atoms with Crippen LogP contribution < -0.4 is 4.90 Å². The summed E-state index contributed by atoms with van der Waals surface area (Å²) in [7, 11) is 0. The largest absolute Gasteiger partial charge is 0.387 e. The molecular formula is C21H28N4O3. The van der Waals surface area contributed by atoms with Gasteiger partial charge in [-0.2, -0.15) is 0 Å². The highest BCUT2D eigenvalue weighted by Gasteiger charge is 2.45. The molecule has 1 spiro atoms. The lowest BCUT2D eigenvalue weighted by molar-refractivity contribution is -0.128. The molecule has 7 heteroatoms. The number of rotatable bonds is 4. The summed E-state index contributed by atoms with van der Waals surface area (Å²) in [5, 5.41) is 13.8. The van der Waals surface area contributed by atoms with Gasteiger partial charge < -0.3 is 19.4 Å². The molecule has 1 atom stereocenters. The Morgan fingerprint density at radius 3 is 2.68 bits per heavy atom. The van der Waals surface area contributed by atoms with Crippen LogP contribution in [-0.4, -0.2) is 45.7 Å². The van der Waals surface area contributed by atoms with Crippen molar-refractivity contribution in [3.05, 3.63) is 40.9 Å². The van der Waals surface area contributed by atoms with E-state index in [4.69, 9.17) is 4.52 Å². The van der Waals surface area contributed by atoms with Gasteiger partial charge in [-0.05, 0) is 45.7 Å². The number of carbonyl (C=O) groups excluding carboxylic acids is 1. The Morgan fingerprint density at radius 2 is 2.04 bits per heavy atom. The number of amides is 1. The van der Waals surface area contributed by atoms with Gasteiger partial charge in [-0.25, -0.2) is 4.98 Å². The second-order valence-electron chi connectivity index (χ2n) is 8.31. The third-order valence-corrected chi connectivity index (χ3v) is 6.27. The molecule has 2 aromatic heterocycles. The number of hydrogen-bond acceptors (Lipinski definition) is 6. The van der Waals surface area contributed by atoms with Gasteiger partial charge in [-0.3, -0.25) is 4.79 Å². The van der Waals surface area contributed by atoms with Gasteiger partial charge in [0.05, 0.1) is 24.0 Å². The van der Waals surface area contributed by atoms with Crippen molar-refractivity contribution in [2.75, 3.05) is 24.5 Å². The maximum Gasteiger partial charge on any atom is 0.223 e. The summed E-state index contributed by atoms with van der Waals surface area (Å²) in [5.41, 5.74) is 2.64. The molecule has 7 nitrogen and oxygen atoms in total. The predicted octanol–water partition coefficient (Wildman–Crippen LogP) is 2.76. The van der Waals surface area contributed by atoms with E-state index < -0.39 is 6.10 Å². The second-order valence-corrected chi connectivity index (χ2v) is 8.31. The van der Waals surface area contributed by atoms with Gasteiger partial charge in [0.2, 0.25) is 5.91 Å². The molecule has 4 heterocycles. The Morgan fingerprint density at radius 1 is 1.29 bits per heavy atom. The molecule has 2 aliphatic heterocycles. The third kappa shape index (κ3) is 3.51. The fraction of sp³-hybridized carbons (Fsp3) is 0.571. The van der Waals surface area contributed by atoms with E-state index in [9.17, 15) is 9.90 Å². The number of aliphatic hydroxyl groups is 1. The van der Waals surface area contributed by atoms with E-state index in [1.807, 2.05) is 36.9 Å². The minimum atomic E-state index is -0.568. The molecule has 1 amide bonds. The minimum Gasteiger partial charge on any atom is -0.387 e. The Balaban J connectivity index is 1.42. The SMILES string of the molecule is Cc1noc(C)c1CN1CC2(CCN(c3cccc(C(C)O)n3)CC2)CC1=O. The molecule has 150 valence electrons. The lowest BCUT2D eigenvalue weighted by atomic mass is 9.77. The molecule has 0 saturated carbocycles. The van der Waals surface area contributed by atoms with E-state index in [2.05, 4.69) is 15.0 Å². The van der Waals surface area contributed by atoms with Crippen LogP contribution in [0.2, 0.25) is 0 Å². The molecule has 2 saturated heterocycles. The van der Waals surface area contributed by atoms with Gasteiger partial charge in [0.25, 0.3) is 0 Å². The van der Waals surface area contributed by atoms with Gasteiger partial charge in [-0.1, -0.05) is 11.2 Å². The summed E-state index contributed by atoms with van der Waals surface area (Å²) in [6.45, 7) is 8.70. The van der Waals surface area contributed by atoms with Crippen molar-refractivity contribution >= 4 is 11.7 Å². The zero-order valence-electron chi connectivity index (χ0n) is 16.8. The van der Waals surface area contributed by atoms with Crippen molar-refractivity contribution in [2.24, 2.45) is 5.41 Å². The van der Waals surface area contributed by atoms with Crippen molar-refractivity contribution < 1.29 is 14.4 Å². The first kappa shape index (κ1) is 18.9. The van der Waals surface area contributed by atoms with Gasteiger partial charge in [0.15, 0.2) is 0 Å². The second kappa shape index (κ2) is 7.20. The van der Waals surface area contributed by atoms with Crippen LogP contribution in [0.5, 0.6) is 0 Å². The Kier molecular flexibility index (Phi) is 4.87. The molecule has 0 aliphatic carbocycles. The van der Waals surface area contributed by atoms with Gasteiger partial charge in [-0.15, -0.1) is 0 Å². The standard InChI is InChI=1S/C21H28N4O3/c1-14-17(16(3)28-23-14)12-25-13-21(11-20(25)27)7-9-24(10-8-21)19-6-4-5-18(22-19)15(2)26/h4-6,15,26H,7-13H2,1-3H3. The molecule has 4 rings (SSSR count). The van der Waals surface area contributed by atoms with Gasteiger partial charge >= 0.3 is 0 Å². The zero-order valence-corrected chi connectivity index (χ0v) is 16.8. The molecule has 28 heavy (non-hydrogen) atoms. The normalized spacial score (nSPS) is 20.2. The number of aliphatic hydroxyl groups excluding tert-OH is 1. The first-order valence-electron chi connectivity index (χ1n) is 9.96. The highest BCUT2D eigenvalue weighted by atomic mass is 16.5. The van der Waals surface area contributed by atoms with E-state index in [1.165, 1.54) is 0 Å². The summed E-state index contributed by atoms with van der Waals surface area (Å²) < 4.78 is 5.25. The highest BCUT2D eigenvalue weighted by molar-refractivity contribution is 5.79. The number of hydrogen-bond donors (Lipinski definition) is 1. The molecule has 2 fully saturated rings. The van der Waals surface area contributed by atoms with Crippen LogP contribution in [0, 0.1) is 19.3 Å². The van der Waals surface area contributed by atoms with E-state index in [1.54, 1.807) is 6.92 Å². The van der Waals surface area contributed by atoms with Crippen molar-refractivity contribution in [1.82, 2.24) is 15.0 Å². The van der Waals surface area contributed by atoms with E-state index >= 15 is 0 Å². The summed E-state index contributed by atoms with van der Waals surface area (Å²) in [4.78, 5) is 21.5. The Labute approximate surface area is 165 Å². The first-order chi connectivity index (χ1) is 13.4. The third-order valence-electron chi connectivity index (χ3n) is 6.27. The number of nitrogens with zero attached hydrogens (tertiary/aromatic N) is 4. The average molecular weight is 384 g/mol. The molecule has 2 aromatic rings. The topological polar surface area (TPSA) is 82.7 Å². The predicted molar refractivity (Wildman–Crippen MR) is 105 cm³/mol. The van der Waals surface area contributed by atoms with Crippen LogP contribution in [0.3, 0.4) is 0 Å². The average Bonchev–Trinajstić information content (AvgIpc) is 3.16. The monoisotopic (exact) mass is 384 g/mol. The maximum absolute atomic E-state index is 12.7. The minimum absolute atomic E-state index is 0.0500. The number of pyridine rings is 1. The van der Waals surface area contributed by atoms with Gasteiger partial charge in [0, 0.05) is 37.0 Å². The van der Waals surface area contributed by atoms with E-state index in [0.29, 0.717) is 18.7 Å². The quantitative estimate of drug-likeness (QED) is 0.873. The number of aryl methyl sites for hydroxylation is 2. The number of piperidine rings is 1. The molecule has 0 bridgehead atoms. The lowest BCUT2D eigenvalue weighted by Crippen LogP contribution is -2.42. The summed E-state index contributed by atoms with van der Waals surface area (Å²) in [6.07, 6.45) is 1.99. The van der Waals surface area contributed by atoms with Crippen LogP contribution in [0.15, 0.2) is 22.7 Å². The van der Waals surface area contributed by atoms with Crippen LogP contribution >= 0.6 is 0 Å². The molecule has 2 aliphatic rings. The number of likely N-dealkylation sites (tertiary alicyclic amines) is 1. The Bertz CT molecular complexity index is 849. The molecule has 0 aromatic carbocycles. The molecular weight excluding hydrogens is 356 g/mol. The first-order valence-corrected chi connectivity index (χ1v) is 9.96. The van der Waals surface area contributed by atoms with Crippen molar-refractivity contribution in [2.45, 2.75) is 52.7 Å². The highest BCUT2D eigenvalue weighted by Crippen LogP contribution is 2.42. The molecule has 0 radical (unpaired) electrons. The van der Waals surface area contributed by atoms with Crippen LogP contribution in [0.1, 0.15) is 55.0 Å². The van der Waals surface area contributed by atoms with Crippen molar-refractivity contribution in [3.8, 4) is 0 Å². The van der Waals surface area contributed by atoms with Crippen LogP contribution in [0.25, 0.3) is 0 Å². The van der Waals surface area contributed by atoms with Crippen LogP contribution in [-0.2, 0) is 11.3 Å². The summed E-state index contributed by atoms with van der Waals surface area (Å²) >= 11 is 0. The molecule has 1 unspecified atom stereocenters. The van der Waals surface area contributed by atoms with E-state index in [0.717, 1.165) is 55.3 Å². The number of aromatic nitrogens is 2. The smallest absolute Gasteiger partial charge is 0.223 e. The number of anilines is 1.